The second-order valence-electron chi connectivity index (χ2n) is 9.73. The molecule has 222 valence electrons. The normalized spacial score (nSPS) is 12.1. The summed E-state index contributed by atoms with van der Waals surface area (Å²) >= 11 is 0. The lowest BCUT2D eigenvalue weighted by Gasteiger charge is -2.32. The van der Waals surface area contributed by atoms with Crippen molar-refractivity contribution in [2.75, 3.05) is 20.7 Å². The number of nitrogens with zero attached hydrogens (tertiary/aromatic N) is 3. The summed E-state index contributed by atoms with van der Waals surface area (Å²) in [4.78, 5) is 64.3. The molecular weight excluding hydrogens is 536 g/mol. The minimum atomic E-state index is -1.29. The van der Waals surface area contributed by atoms with Gasteiger partial charge in [-0.15, -0.1) is 0 Å². The smallest absolute Gasteiger partial charge is 0.308 e. The van der Waals surface area contributed by atoms with Crippen LogP contribution in [0.2, 0.25) is 0 Å². The Hall–Kier alpha value is -4.57. The zero-order valence-electron chi connectivity index (χ0n) is 24.3. The number of ether oxygens (including phenoxy) is 1. The zero-order chi connectivity index (χ0) is 30.3. The van der Waals surface area contributed by atoms with Crippen LogP contribution in [-0.2, 0) is 37.0 Å². The van der Waals surface area contributed by atoms with Gasteiger partial charge in [-0.05, 0) is 29.7 Å². The average Bonchev–Trinajstić information content (AvgIpc) is 3.03. The van der Waals surface area contributed by atoms with Crippen LogP contribution in [0.15, 0.2) is 85.2 Å². The summed E-state index contributed by atoms with van der Waals surface area (Å²) in [5.41, 5.74) is 1.96. The first kappa shape index (κ1) is 32.0. The lowest BCUT2D eigenvalue weighted by Crippen LogP contribution is -2.56. The Morgan fingerprint density at radius 1 is 0.929 bits per heavy atom. The van der Waals surface area contributed by atoms with E-state index in [1.165, 1.54) is 25.3 Å². The third-order valence-electron chi connectivity index (χ3n) is 6.68. The summed E-state index contributed by atoms with van der Waals surface area (Å²) in [5.74, 6) is -2.24. The van der Waals surface area contributed by atoms with Gasteiger partial charge < -0.3 is 15.0 Å². The number of pyridine rings is 1. The molecule has 2 atom stereocenters. The molecule has 2 aromatic carbocycles. The van der Waals surface area contributed by atoms with Crippen molar-refractivity contribution >= 4 is 23.7 Å². The first-order valence-corrected chi connectivity index (χ1v) is 13.9. The lowest BCUT2D eigenvalue weighted by molar-refractivity contribution is -0.173. The van der Waals surface area contributed by atoms with Gasteiger partial charge in [0.2, 0.25) is 5.91 Å². The van der Waals surface area contributed by atoms with Gasteiger partial charge in [-0.3, -0.25) is 29.0 Å². The molecule has 1 heterocycles. The molecule has 0 bridgehead atoms. The van der Waals surface area contributed by atoms with Crippen molar-refractivity contribution in [3.63, 3.8) is 0 Å². The van der Waals surface area contributed by atoms with Crippen molar-refractivity contribution < 1.29 is 28.8 Å². The van der Waals surface area contributed by atoms with Gasteiger partial charge >= 0.3 is 5.97 Å². The largest absolute Gasteiger partial charge is 0.461 e. The number of nitrogens with one attached hydrogen (secondary N) is 1. The van der Waals surface area contributed by atoms with Gasteiger partial charge in [0.05, 0.1) is 19.1 Å². The number of unbranched alkanes of at least 4 members (excludes halogenated alkanes) is 1. The summed E-state index contributed by atoms with van der Waals surface area (Å²) in [7, 11) is 2.69. The van der Waals surface area contributed by atoms with E-state index in [-0.39, 0.29) is 18.9 Å². The maximum absolute atomic E-state index is 14.0. The van der Waals surface area contributed by atoms with Crippen LogP contribution in [0.1, 0.15) is 47.7 Å². The Labute approximate surface area is 246 Å². The fourth-order valence-electron chi connectivity index (χ4n) is 4.31. The summed E-state index contributed by atoms with van der Waals surface area (Å²) in [6, 6.07) is 19.5. The van der Waals surface area contributed by atoms with Crippen molar-refractivity contribution in [3.05, 3.63) is 102 Å². The Kier molecular flexibility index (Phi) is 12.7. The van der Waals surface area contributed by atoms with Crippen LogP contribution in [0.4, 0.5) is 0 Å². The molecule has 10 heteroatoms. The number of benzene rings is 2. The molecule has 2 unspecified atom stereocenters. The maximum atomic E-state index is 14.0. The van der Waals surface area contributed by atoms with Crippen LogP contribution < -0.4 is 5.32 Å². The Balaban J connectivity index is 1.89. The highest BCUT2D eigenvalue weighted by molar-refractivity contribution is 5.98. The zero-order valence-corrected chi connectivity index (χ0v) is 24.3. The summed E-state index contributed by atoms with van der Waals surface area (Å²) in [6.07, 6.45) is 4.26. The summed E-state index contributed by atoms with van der Waals surface area (Å²) < 4.78 is 5.38. The van der Waals surface area contributed by atoms with Gasteiger partial charge in [0.1, 0.15) is 18.7 Å². The van der Waals surface area contributed by atoms with Crippen LogP contribution in [-0.4, -0.2) is 71.4 Å². The number of carbonyl (C=O) groups excluding carboxylic acids is 4. The number of hydroxylamine groups is 2. The topological polar surface area (TPSA) is 118 Å². The van der Waals surface area contributed by atoms with E-state index < -0.39 is 36.3 Å². The van der Waals surface area contributed by atoms with Crippen LogP contribution >= 0.6 is 0 Å². The second kappa shape index (κ2) is 16.6. The molecule has 0 saturated carbocycles. The highest BCUT2D eigenvalue weighted by atomic mass is 16.7. The number of esters is 1. The van der Waals surface area contributed by atoms with E-state index in [4.69, 9.17) is 9.57 Å². The molecule has 1 N–H and O–H groups in total. The van der Waals surface area contributed by atoms with Crippen molar-refractivity contribution in [2.24, 2.45) is 0 Å². The molecule has 3 rings (SSSR count). The number of rotatable bonds is 15. The number of hydrogen-bond donors (Lipinski definition) is 1. The molecule has 10 nitrogen and oxygen atoms in total. The molecule has 0 aliphatic heterocycles. The number of hydrogen-bond acceptors (Lipinski definition) is 7. The molecule has 1 aromatic heterocycles. The Morgan fingerprint density at radius 3 is 2.19 bits per heavy atom. The van der Waals surface area contributed by atoms with Gasteiger partial charge in [-0.2, -0.15) is 0 Å². The predicted octanol–water partition coefficient (Wildman–Crippen LogP) is 3.57. The van der Waals surface area contributed by atoms with E-state index in [9.17, 15) is 19.2 Å². The van der Waals surface area contributed by atoms with Crippen LogP contribution in [0.25, 0.3) is 0 Å². The average molecular weight is 575 g/mol. The molecule has 0 spiro atoms. The fraction of sp³-hybridized carbons (Fsp3) is 0.344. The van der Waals surface area contributed by atoms with Gasteiger partial charge in [-0.1, -0.05) is 74.0 Å². The summed E-state index contributed by atoms with van der Waals surface area (Å²) in [5, 5.41) is 3.67. The minimum absolute atomic E-state index is 0.0235. The SMILES string of the molecule is CCCCN(C(=O)c1cccnc1)C(Cc1ccccc1)C(=O)NC(CC(=O)OCc1ccccc1)C(=O)N(C)OC. The van der Waals surface area contributed by atoms with Crippen molar-refractivity contribution in [1.82, 2.24) is 20.3 Å². The van der Waals surface area contributed by atoms with Crippen molar-refractivity contribution in [2.45, 2.75) is 51.3 Å². The van der Waals surface area contributed by atoms with Gasteiger partial charge in [0.25, 0.3) is 11.8 Å². The van der Waals surface area contributed by atoms with Crippen LogP contribution in [0.3, 0.4) is 0 Å². The molecule has 3 amide bonds. The molecule has 0 aliphatic rings. The number of carbonyl (C=O) groups is 4. The molecule has 0 saturated heterocycles. The van der Waals surface area contributed by atoms with Crippen molar-refractivity contribution in [3.8, 4) is 0 Å². The van der Waals surface area contributed by atoms with Gasteiger partial charge in [-0.25, -0.2) is 5.06 Å². The van der Waals surface area contributed by atoms with Gasteiger partial charge in [0, 0.05) is 32.4 Å². The van der Waals surface area contributed by atoms with Crippen LogP contribution in [0.5, 0.6) is 0 Å². The third kappa shape index (κ3) is 9.52. The number of likely N-dealkylation sites (N-methyl/N-ethyl adjacent to an activating group) is 1. The fourth-order valence-corrected chi connectivity index (χ4v) is 4.31. The molecule has 3 aromatic rings. The van der Waals surface area contributed by atoms with E-state index in [1.807, 2.05) is 67.6 Å². The second-order valence-corrected chi connectivity index (χ2v) is 9.73. The standard InChI is InChI=1S/C32H38N4O6/c1-4-5-19-36(31(39)26-17-12-18-33-22-26)28(20-24-13-8-6-9-14-24)30(38)34-27(32(40)35(2)41-3)21-29(37)42-23-25-15-10-7-11-16-25/h6-18,22,27-28H,4-5,19-21,23H2,1-3H3,(H,34,38). The number of aromatic nitrogens is 1. The van der Waals surface area contributed by atoms with E-state index in [0.29, 0.717) is 18.5 Å². The first-order chi connectivity index (χ1) is 20.3. The van der Waals surface area contributed by atoms with E-state index in [1.54, 1.807) is 18.3 Å². The number of amides is 3. The first-order valence-electron chi connectivity index (χ1n) is 13.9. The Bertz CT molecular complexity index is 1290. The minimum Gasteiger partial charge on any atom is -0.461 e. The lowest BCUT2D eigenvalue weighted by atomic mass is 10.0. The molecular formula is C32H38N4O6. The van der Waals surface area contributed by atoms with Crippen LogP contribution in [0, 0.1) is 0 Å². The molecule has 0 aliphatic carbocycles. The van der Waals surface area contributed by atoms with E-state index in [0.717, 1.165) is 22.6 Å². The van der Waals surface area contributed by atoms with Gasteiger partial charge in [0.15, 0.2) is 0 Å². The Morgan fingerprint density at radius 2 is 1.60 bits per heavy atom. The quantitative estimate of drug-likeness (QED) is 0.218. The predicted molar refractivity (Wildman–Crippen MR) is 157 cm³/mol. The molecule has 42 heavy (non-hydrogen) atoms. The van der Waals surface area contributed by atoms with Crippen molar-refractivity contribution in [1.29, 1.82) is 0 Å². The van der Waals surface area contributed by atoms with E-state index in [2.05, 4.69) is 10.3 Å². The molecule has 0 fully saturated rings. The summed E-state index contributed by atoms with van der Waals surface area (Å²) in [6.45, 7) is 2.33. The van der Waals surface area contributed by atoms with E-state index >= 15 is 0 Å². The highest BCUT2D eigenvalue weighted by Gasteiger charge is 2.35. The highest BCUT2D eigenvalue weighted by Crippen LogP contribution is 2.16. The molecule has 0 radical (unpaired) electrons. The maximum Gasteiger partial charge on any atom is 0.308 e. The third-order valence-corrected chi connectivity index (χ3v) is 6.68. The monoisotopic (exact) mass is 574 g/mol.